The molecule has 1 amide bonds. The van der Waals surface area contributed by atoms with E-state index in [1.54, 1.807) is 0 Å². The number of nitrogens with zero attached hydrogens (tertiary/aromatic N) is 3. The number of aromatic nitrogens is 2. The van der Waals surface area contributed by atoms with Crippen molar-refractivity contribution in [3.8, 4) is 0 Å². The molecule has 0 spiro atoms. The van der Waals surface area contributed by atoms with Gasteiger partial charge in [0.05, 0.1) is 6.61 Å². The van der Waals surface area contributed by atoms with Gasteiger partial charge in [0.25, 0.3) is 0 Å². The van der Waals surface area contributed by atoms with Crippen LogP contribution in [0.2, 0.25) is 25.7 Å². The van der Waals surface area contributed by atoms with Gasteiger partial charge in [0, 0.05) is 50.0 Å². The molecule has 0 N–H and O–H groups in total. The molecule has 0 saturated carbocycles. The molecule has 184 valence electrons. The van der Waals surface area contributed by atoms with E-state index < -0.39 is 8.07 Å². The van der Waals surface area contributed by atoms with E-state index in [9.17, 15) is 4.79 Å². The molecular formula is C25H40BrN3O3Si. The smallest absolute Gasteiger partial charge is 0.409 e. The highest BCUT2D eigenvalue weighted by Crippen LogP contribution is 2.31. The van der Waals surface area contributed by atoms with Crippen LogP contribution in [0.25, 0.3) is 11.0 Å². The van der Waals surface area contributed by atoms with Gasteiger partial charge in [-0.1, -0.05) is 33.0 Å². The quantitative estimate of drug-likeness (QED) is 0.236. The lowest BCUT2D eigenvalue weighted by Gasteiger charge is -2.31. The van der Waals surface area contributed by atoms with Crippen LogP contribution in [0.1, 0.15) is 44.6 Å². The summed E-state index contributed by atoms with van der Waals surface area (Å²) in [5.41, 5.74) is 2.31. The normalized spacial score (nSPS) is 15.4. The zero-order valence-corrected chi connectivity index (χ0v) is 23.3. The van der Waals surface area contributed by atoms with Crippen LogP contribution in [0.4, 0.5) is 4.79 Å². The fourth-order valence-electron chi connectivity index (χ4n) is 4.24. The Labute approximate surface area is 208 Å². The van der Waals surface area contributed by atoms with Crippen molar-refractivity contribution >= 4 is 41.1 Å². The molecule has 0 unspecified atom stereocenters. The monoisotopic (exact) mass is 537 g/mol. The van der Waals surface area contributed by atoms with Crippen molar-refractivity contribution in [2.45, 2.75) is 77.9 Å². The molecule has 6 nitrogen and oxygen atoms in total. The number of likely N-dealkylation sites (tertiary alicyclic amines) is 1. The third kappa shape index (κ3) is 7.82. The Bertz CT molecular complexity index is 904. The SMILES string of the molecule is CCCCOC(=O)N1CCC(CCc2ccnc3c2c(Br)cn3COCC[Si](C)(C)C)CC1. The highest BCUT2D eigenvalue weighted by Gasteiger charge is 2.24. The van der Waals surface area contributed by atoms with Gasteiger partial charge in [-0.25, -0.2) is 9.78 Å². The molecule has 0 atom stereocenters. The maximum Gasteiger partial charge on any atom is 0.409 e. The van der Waals surface area contributed by atoms with Gasteiger partial charge in [0.1, 0.15) is 12.4 Å². The van der Waals surface area contributed by atoms with E-state index in [4.69, 9.17) is 9.47 Å². The summed E-state index contributed by atoms with van der Waals surface area (Å²) in [5.74, 6) is 0.638. The van der Waals surface area contributed by atoms with Crippen molar-refractivity contribution in [1.82, 2.24) is 14.5 Å². The highest BCUT2D eigenvalue weighted by atomic mass is 79.9. The number of piperidine rings is 1. The molecule has 8 heteroatoms. The molecule has 0 bridgehead atoms. The van der Waals surface area contributed by atoms with Gasteiger partial charge in [0.2, 0.25) is 0 Å². The Morgan fingerprint density at radius 1 is 1.24 bits per heavy atom. The van der Waals surface area contributed by atoms with Crippen LogP contribution < -0.4 is 0 Å². The first kappa shape index (κ1) is 26.2. The van der Waals surface area contributed by atoms with Gasteiger partial charge in [-0.05, 0) is 71.6 Å². The van der Waals surface area contributed by atoms with Crippen LogP contribution in [-0.4, -0.2) is 54.9 Å². The summed E-state index contributed by atoms with van der Waals surface area (Å²) in [4.78, 5) is 18.7. The average Bonchev–Trinajstić information content (AvgIpc) is 3.11. The van der Waals surface area contributed by atoms with Crippen LogP contribution in [0.3, 0.4) is 0 Å². The third-order valence-corrected chi connectivity index (χ3v) is 8.75. The van der Waals surface area contributed by atoms with Crippen LogP contribution >= 0.6 is 15.9 Å². The molecule has 1 aliphatic rings. The van der Waals surface area contributed by atoms with Crippen LogP contribution in [0, 0.1) is 5.92 Å². The van der Waals surface area contributed by atoms with Crippen molar-refractivity contribution in [3.63, 3.8) is 0 Å². The summed E-state index contributed by atoms with van der Waals surface area (Å²) in [7, 11) is -1.09. The molecule has 0 radical (unpaired) electrons. The second-order valence-electron chi connectivity index (χ2n) is 10.4. The largest absolute Gasteiger partial charge is 0.449 e. The molecule has 0 aliphatic carbocycles. The predicted octanol–water partition coefficient (Wildman–Crippen LogP) is 6.69. The Balaban J connectivity index is 1.52. The van der Waals surface area contributed by atoms with E-state index >= 15 is 0 Å². The summed E-state index contributed by atoms with van der Waals surface area (Å²) < 4.78 is 14.5. The Kier molecular flexibility index (Phi) is 9.82. The van der Waals surface area contributed by atoms with E-state index in [1.807, 2.05) is 11.1 Å². The first-order chi connectivity index (χ1) is 15.8. The Morgan fingerprint density at radius 3 is 2.70 bits per heavy atom. The Hall–Kier alpha value is -1.38. The van der Waals surface area contributed by atoms with Gasteiger partial charge in [0.15, 0.2) is 0 Å². The van der Waals surface area contributed by atoms with Crippen LogP contribution in [0.5, 0.6) is 0 Å². The number of rotatable bonds is 11. The second-order valence-corrected chi connectivity index (χ2v) is 16.9. The molecule has 2 aromatic rings. The van der Waals surface area contributed by atoms with Crippen molar-refractivity contribution in [2.75, 3.05) is 26.3 Å². The molecule has 2 aromatic heterocycles. The van der Waals surface area contributed by atoms with E-state index in [0.717, 1.165) is 68.3 Å². The number of aryl methyl sites for hydroxylation is 1. The number of hydrogen-bond donors (Lipinski definition) is 0. The van der Waals surface area contributed by atoms with E-state index in [1.165, 1.54) is 17.0 Å². The van der Waals surface area contributed by atoms with Crippen LogP contribution in [-0.2, 0) is 22.6 Å². The van der Waals surface area contributed by atoms with E-state index in [0.29, 0.717) is 19.3 Å². The number of ether oxygens (including phenoxy) is 2. The molecule has 1 fully saturated rings. The summed E-state index contributed by atoms with van der Waals surface area (Å²) in [6.45, 7) is 12.7. The molecule has 0 aromatic carbocycles. The van der Waals surface area contributed by atoms with Gasteiger partial charge >= 0.3 is 6.09 Å². The minimum absolute atomic E-state index is 0.143. The summed E-state index contributed by atoms with van der Waals surface area (Å²) in [5, 5.41) is 1.20. The van der Waals surface area contributed by atoms with Crippen molar-refractivity contribution < 1.29 is 14.3 Å². The number of hydrogen-bond acceptors (Lipinski definition) is 4. The highest BCUT2D eigenvalue weighted by molar-refractivity contribution is 9.10. The number of carbonyl (C=O) groups excluding carboxylic acids is 1. The fourth-order valence-corrected chi connectivity index (χ4v) is 5.67. The summed E-state index contributed by atoms with van der Waals surface area (Å²) in [6.07, 6.45) is 10.1. The Morgan fingerprint density at radius 2 is 2.00 bits per heavy atom. The summed E-state index contributed by atoms with van der Waals surface area (Å²) in [6, 6.07) is 3.31. The lowest BCUT2D eigenvalue weighted by Crippen LogP contribution is -2.39. The van der Waals surface area contributed by atoms with Gasteiger partial charge in [-0.15, -0.1) is 0 Å². The fraction of sp³-hybridized carbons (Fsp3) is 0.680. The first-order valence-corrected chi connectivity index (χ1v) is 16.9. The van der Waals surface area contributed by atoms with Gasteiger partial charge < -0.3 is 18.9 Å². The average molecular weight is 539 g/mol. The number of fused-ring (bicyclic) bond motifs is 1. The number of carbonyl (C=O) groups is 1. The van der Waals surface area contributed by atoms with E-state index in [-0.39, 0.29) is 6.09 Å². The lowest BCUT2D eigenvalue weighted by atomic mass is 9.90. The zero-order chi connectivity index (χ0) is 23.8. The van der Waals surface area contributed by atoms with Crippen LogP contribution in [0.15, 0.2) is 22.9 Å². The lowest BCUT2D eigenvalue weighted by molar-refractivity contribution is 0.0859. The van der Waals surface area contributed by atoms with E-state index in [2.05, 4.69) is 64.3 Å². The molecule has 33 heavy (non-hydrogen) atoms. The molecular weight excluding hydrogens is 498 g/mol. The molecule has 1 aliphatic heterocycles. The van der Waals surface area contributed by atoms with Crippen molar-refractivity contribution in [2.24, 2.45) is 5.92 Å². The topological polar surface area (TPSA) is 56.6 Å². The number of amides is 1. The molecule has 3 heterocycles. The minimum Gasteiger partial charge on any atom is -0.449 e. The maximum absolute atomic E-state index is 12.2. The molecule has 1 saturated heterocycles. The second kappa shape index (κ2) is 12.4. The standard InChI is InChI=1S/C25H40BrN3O3Si/c1-5-6-15-32-25(30)28-13-10-20(11-14-28)7-8-21-9-12-27-24-23(21)22(26)18-29(24)19-31-16-17-33(2,3)4/h9,12,18,20H,5-8,10-11,13-17,19H2,1-4H3. The first-order valence-electron chi connectivity index (χ1n) is 12.4. The third-order valence-electron chi connectivity index (χ3n) is 6.44. The summed E-state index contributed by atoms with van der Waals surface area (Å²) >= 11 is 3.76. The minimum atomic E-state index is -1.09. The van der Waals surface area contributed by atoms with Crippen molar-refractivity contribution in [1.29, 1.82) is 0 Å². The van der Waals surface area contributed by atoms with Crippen molar-refractivity contribution in [3.05, 3.63) is 28.5 Å². The number of pyridine rings is 1. The molecule has 3 rings (SSSR count). The number of halogens is 1. The maximum atomic E-state index is 12.2. The van der Waals surface area contributed by atoms with Gasteiger partial charge in [-0.3, -0.25) is 0 Å². The predicted molar refractivity (Wildman–Crippen MR) is 140 cm³/mol. The number of unbranched alkanes of at least 4 members (excludes halogenated alkanes) is 1. The zero-order valence-electron chi connectivity index (χ0n) is 20.7. The van der Waals surface area contributed by atoms with Gasteiger partial charge in [-0.2, -0.15) is 0 Å².